The fraction of sp³-hybridized carbons (Fsp3) is 0.268. The maximum atomic E-state index is 14.5. The van der Waals surface area contributed by atoms with Gasteiger partial charge in [0.1, 0.15) is 19.0 Å². The van der Waals surface area contributed by atoms with E-state index in [1.165, 1.54) is 16.1 Å². The van der Waals surface area contributed by atoms with Gasteiger partial charge in [-0.3, -0.25) is 9.59 Å². The molecular weight excluding hydrogens is 642 g/mol. The van der Waals surface area contributed by atoms with E-state index in [0.717, 1.165) is 22.3 Å². The van der Waals surface area contributed by atoms with Gasteiger partial charge in [-0.15, -0.1) is 0 Å². The standard InChI is InChI=1S/C41H45N5O5/c1-41(2,34-17-11-6-12-18-34)29-43-38(47)26-46(24-31-19-21-35(22-20-31)50-27-32-13-7-4-8-14-32)39(48)36(37-23-42-30-44-37)25-45(3)40(49)51-28-33-15-9-5-10-16-33/h4-23,30,36H,24-29H2,1-3H3,(H,42,44)(H,43,47)/t36-/m0/s1. The Kier molecular flexibility index (Phi) is 12.6. The van der Waals surface area contributed by atoms with E-state index in [4.69, 9.17) is 9.47 Å². The van der Waals surface area contributed by atoms with Gasteiger partial charge in [-0.05, 0) is 34.4 Å². The molecule has 10 nitrogen and oxygen atoms in total. The minimum Gasteiger partial charge on any atom is -0.489 e. The third-order valence-corrected chi connectivity index (χ3v) is 8.64. The summed E-state index contributed by atoms with van der Waals surface area (Å²) in [6, 6.07) is 36.7. The summed E-state index contributed by atoms with van der Waals surface area (Å²) in [5.41, 5.74) is 4.00. The molecule has 1 atom stereocenters. The fourth-order valence-corrected chi connectivity index (χ4v) is 5.57. The Morgan fingerprint density at radius 1 is 0.804 bits per heavy atom. The van der Waals surface area contributed by atoms with E-state index in [-0.39, 0.29) is 43.5 Å². The van der Waals surface area contributed by atoms with Gasteiger partial charge in [0, 0.05) is 44.0 Å². The molecule has 1 heterocycles. The number of H-pyrrole nitrogens is 1. The summed E-state index contributed by atoms with van der Waals surface area (Å²) in [6.45, 7) is 5.00. The monoisotopic (exact) mass is 687 g/mol. The molecule has 10 heteroatoms. The van der Waals surface area contributed by atoms with E-state index >= 15 is 0 Å². The first-order valence-corrected chi connectivity index (χ1v) is 16.9. The van der Waals surface area contributed by atoms with Crippen molar-refractivity contribution in [3.05, 3.63) is 156 Å². The fourth-order valence-electron chi connectivity index (χ4n) is 5.57. The summed E-state index contributed by atoms with van der Waals surface area (Å²) in [5.74, 6) is -0.797. The molecule has 5 aromatic rings. The number of ether oxygens (including phenoxy) is 2. The molecule has 3 amide bonds. The van der Waals surface area contributed by atoms with Crippen LogP contribution in [0.25, 0.3) is 0 Å². The number of rotatable bonds is 16. The second-order valence-electron chi connectivity index (χ2n) is 13.1. The van der Waals surface area contributed by atoms with Crippen molar-refractivity contribution in [3.63, 3.8) is 0 Å². The van der Waals surface area contributed by atoms with Gasteiger partial charge in [0.2, 0.25) is 11.8 Å². The Morgan fingerprint density at radius 3 is 2.02 bits per heavy atom. The highest BCUT2D eigenvalue weighted by atomic mass is 16.6. The highest BCUT2D eigenvalue weighted by Crippen LogP contribution is 2.23. The number of benzene rings is 4. The molecule has 0 fully saturated rings. The Bertz CT molecular complexity index is 1820. The van der Waals surface area contributed by atoms with Gasteiger partial charge in [-0.25, -0.2) is 9.78 Å². The number of imidazole rings is 1. The summed E-state index contributed by atoms with van der Waals surface area (Å²) in [4.78, 5) is 51.1. The van der Waals surface area contributed by atoms with Crippen molar-refractivity contribution in [1.82, 2.24) is 25.1 Å². The van der Waals surface area contributed by atoms with Crippen LogP contribution < -0.4 is 10.1 Å². The van der Waals surface area contributed by atoms with Crippen LogP contribution in [-0.2, 0) is 39.5 Å². The van der Waals surface area contributed by atoms with Crippen molar-refractivity contribution in [1.29, 1.82) is 0 Å². The summed E-state index contributed by atoms with van der Waals surface area (Å²) in [5, 5.41) is 3.04. The Morgan fingerprint density at radius 2 is 1.41 bits per heavy atom. The highest BCUT2D eigenvalue weighted by molar-refractivity contribution is 5.89. The lowest BCUT2D eigenvalue weighted by Gasteiger charge is -2.30. The zero-order valence-electron chi connectivity index (χ0n) is 29.3. The van der Waals surface area contributed by atoms with Gasteiger partial charge in [0.25, 0.3) is 0 Å². The maximum Gasteiger partial charge on any atom is 0.409 e. The zero-order chi connectivity index (χ0) is 36.1. The summed E-state index contributed by atoms with van der Waals surface area (Å²) < 4.78 is 11.5. The Hall–Kier alpha value is -5.90. The van der Waals surface area contributed by atoms with Crippen LogP contribution in [0.2, 0.25) is 0 Å². The van der Waals surface area contributed by atoms with Crippen LogP contribution in [-0.4, -0.2) is 64.4 Å². The van der Waals surface area contributed by atoms with Crippen molar-refractivity contribution in [2.45, 2.75) is 44.9 Å². The number of carbonyl (C=O) groups is 3. The molecule has 1 aromatic heterocycles. The van der Waals surface area contributed by atoms with Gasteiger partial charge >= 0.3 is 6.09 Å². The van der Waals surface area contributed by atoms with Gasteiger partial charge in [-0.2, -0.15) is 0 Å². The van der Waals surface area contributed by atoms with Crippen molar-refractivity contribution in [2.24, 2.45) is 0 Å². The van der Waals surface area contributed by atoms with Crippen LogP contribution in [0.15, 0.2) is 128 Å². The SMILES string of the molecule is CN(C[C@H](C(=O)N(CC(=O)NCC(C)(C)c1ccccc1)Cc1ccc(OCc2ccccc2)cc1)c1cnc[nH]1)C(=O)OCc1ccccc1. The summed E-state index contributed by atoms with van der Waals surface area (Å²) >= 11 is 0. The number of aromatic amines is 1. The minimum atomic E-state index is -0.844. The number of nitrogens with one attached hydrogen (secondary N) is 2. The van der Waals surface area contributed by atoms with Crippen molar-refractivity contribution in [3.8, 4) is 5.75 Å². The maximum absolute atomic E-state index is 14.5. The molecule has 0 bridgehead atoms. The van der Waals surface area contributed by atoms with E-state index < -0.39 is 12.0 Å². The van der Waals surface area contributed by atoms with Gasteiger partial charge in [0.05, 0.1) is 18.8 Å². The first kappa shape index (κ1) is 36.4. The summed E-state index contributed by atoms with van der Waals surface area (Å²) in [6.07, 6.45) is 2.47. The predicted molar refractivity (Wildman–Crippen MR) is 196 cm³/mol. The van der Waals surface area contributed by atoms with Crippen molar-refractivity contribution < 1.29 is 23.9 Å². The number of nitrogens with zero attached hydrogens (tertiary/aromatic N) is 3. The van der Waals surface area contributed by atoms with Crippen LogP contribution in [0.5, 0.6) is 5.75 Å². The highest BCUT2D eigenvalue weighted by Gasteiger charge is 2.32. The average molecular weight is 688 g/mol. The minimum absolute atomic E-state index is 0.0000703. The lowest BCUT2D eigenvalue weighted by atomic mass is 9.84. The zero-order valence-corrected chi connectivity index (χ0v) is 29.3. The van der Waals surface area contributed by atoms with Gasteiger partial charge in [-0.1, -0.05) is 117 Å². The van der Waals surface area contributed by atoms with Crippen molar-refractivity contribution in [2.75, 3.05) is 26.7 Å². The molecule has 0 aliphatic heterocycles. The third-order valence-electron chi connectivity index (χ3n) is 8.64. The molecule has 0 saturated heterocycles. The second kappa shape index (κ2) is 17.7. The molecule has 2 N–H and O–H groups in total. The van der Waals surface area contributed by atoms with Crippen LogP contribution in [0.4, 0.5) is 4.79 Å². The van der Waals surface area contributed by atoms with E-state index in [1.807, 2.05) is 115 Å². The molecule has 4 aromatic carbocycles. The van der Waals surface area contributed by atoms with Crippen LogP contribution >= 0.6 is 0 Å². The number of hydrogen-bond donors (Lipinski definition) is 2. The molecule has 0 unspecified atom stereocenters. The first-order chi connectivity index (χ1) is 24.7. The van der Waals surface area contributed by atoms with E-state index in [9.17, 15) is 14.4 Å². The van der Waals surface area contributed by atoms with E-state index in [2.05, 4.69) is 29.1 Å². The van der Waals surface area contributed by atoms with E-state index in [1.54, 1.807) is 13.2 Å². The van der Waals surface area contributed by atoms with Crippen LogP contribution in [0.1, 0.15) is 47.7 Å². The molecule has 264 valence electrons. The quantitative estimate of drug-likeness (QED) is 0.123. The molecular formula is C41H45N5O5. The number of aromatic nitrogens is 2. The summed E-state index contributed by atoms with van der Waals surface area (Å²) in [7, 11) is 1.58. The number of likely N-dealkylation sites (N-methyl/N-ethyl adjacent to an activating group) is 1. The third kappa shape index (κ3) is 10.8. The Balaban J connectivity index is 1.31. The average Bonchev–Trinajstić information content (AvgIpc) is 3.70. The lowest BCUT2D eigenvalue weighted by molar-refractivity contribution is -0.138. The number of carbonyl (C=O) groups excluding carboxylic acids is 3. The number of amides is 3. The van der Waals surface area contributed by atoms with Gasteiger partial charge in [0.15, 0.2) is 0 Å². The lowest BCUT2D eigenvalue weighted by Crippen LogP contribution is -2.46. The smallest absolute Gasteiger partial charge is 0.409 e. The van der Waals surface area contributed by atoms with Crippen LogP contribution in [0.3, 0.4) is 0 Å². The molecule has 0 spiro atoms. The molecule has 0 aliphatic rings. The molecule has 0 aliphatic carbocycles. The molecule has 5 rings (SSSR count). The van der Waals surface area contributed by atoms with Gasteiger partial charge < -0.3 is 29.6 Å². The molecule has 0 radical (unpaired) electrons. The Labute approximate surface area is 299 Å². The number of hydrogen-bond acceptors (Lipinski definition) is 6. The van der Waals surface area contributed by atoms with Crippen LogP contribution in [0, 0.1) is 0 Å². The largest absolute Gasteiger partial charge is 0.489 e. The topological polar surface area (TPSA) is 117 Å². The van der Waals surface area contributed by atoms with E-state index in [0.29, 0.717) is 24.6 Å². The predicted octanol–water partition coefficient (Wildman–Crippen LogP) is 6.46. The molecule has 0 saturated carbocycles. The second-order valence-corrected chi connectivity index (χ2v) is 13.1. The normalized spacial score (nSPS) is 11.7. The molecule has 51 heavy (non-hydrogen) atoms. The first-order valence-electron chi connectivity index (χ1n) is 16.9. The van der Waals surface area contributed by atoms with Crippen molar-refractivity contribution >= 4 is 17.9 Å².